The summed E-state index contributed by atoms with van der Waals surface area (Å²) in [6, 6.07) is 8.45. The van der Waals surface area contributed by atoms with E-state index in [1.165, 1.54) is 5.56 Å². The molecule has 0 spiro atoms. The summed E-state index contributed by atoms with van der Waals surface area (Å²) >= 11 is 3.39. The fourth-order valence-corrected chi connectivity index (χ4v) is 1.11. The summed E-state index contributed by atoms with van der Waals surface area (Å²) in [6.07, 6.45) is 0. The first-order valence-corrected chi connectivity index (χ1v) is 4.25. The van der Waals surface area contributed by atoms with Gasteiger partial charge < -0.3 is 2.85 Å². The number of benzene rings is 1. The van der Waals surface area contributed by atoms with E-state index in [1.54, 1.807) is 0 Å². The van der Waals surface area contributed by atoms with Crippen LogP contribution in [0.2, 0.25) is 0 Å². The Hall–Kier alpha value is 0.466. The third-order valence-electron chi connectivity index (χ3n) is 1.54. The maximum Gasteiger partial charge on any atom is 2.00 e. The van der Waals surface area contributed by atoms with Crippen LogP contribution in [-0.4, -0.2) is 23.1 Å². The SMILES string of the molecule is CC(C)c1ccc(Br)cc1.[H-].[H-].[Mg+2]. The zero-order valence-electron chi connectivity index (χ0n) is 8.97. The second-order valence-corrected chi connectivity index (χ2v) is 3.62. The normalized spacial score (nSPS) is 9.45. The topological polar surface area (TPSA) is 0 Å². The predicted molar refractivity (Wildman–Crippen MR) is 56.2 cm³/mol. The quantitative estimate of drug-likeness (QED) is 0.643. The average molecular weight is 225 g/mol. The van der Waals surface area contributed by atoms with Crippen LogP contribution in [0, 0.1) is 0 Å². The molecule has 58 valence electrons. The summed E-state index contributed by atoms with van der Waals surface area (Å²) in [6.45, 7) is 4.40. The van der Waals surface area contributed by atoms with Crippen LogP contribution in [0.5, 0.6) is 0 Å². The number of rotatable bonds is 1. The molecule has 0 amide bonds. The van der Waals surface area contributed by atoms with Gasteiger partial charge in [0.15, 0.2) is 0 Å². The number of hydrogen-bond donors (Lipinski definition) is 0. The van der Waals surface area contributed by atoms with Gasteiger partial charge in [0.1, 0.15) is 0 Å². The Balaban J connectivity index is -0.000000333. The molecule has 0 heterocycles. The molecule has 0 bridgehead atoms. The van der Waals surface area contributed by atoms with E-state index in [-0.39, 0.29) is 25.9 Å². The number of hydrogen-bond acceptors (Lipinski definition) is 0. The molecule has 0 fully saturated rings. The van der Waals surface area contributed by atoms with Crippen molar-refractivity contribution in [3.8, 4) is 0 Å². The van der Waals surface area contributed by atoms with E-state index >= 15 is 0 Å². The predicted octanol–water partition coefficient (Wildman–Crippen LogP) is 3.42. The minimum Gasteiger partial charge on any atom is -1.00 e. The van der Waals surface area contributed by atoms with E-state index in [9.17, 15) is 0 Å². The van der Waals surface area contributed by atoms with Gasteiger partial charge in [-0.1, -0.05) is 41.9 Å². The van der Waals surface area contributed by atoms with Crippen molar-refractivity contribution in [2.45, 2.75) is 19.8 Å². The van der Waals surface area contributed by atoms with Crippen molar-refractivity contribution >= 4 is 39.0 Å². The molecule has 1 rings (SSSR count). The molecule has 0 nitrogen and oxygen atoms in total. The Kier molecular flexibility index (Phi) is 5.39. The van der Waals surface area contributed by atoms with Gasteiger partial charge in [0.25, 0.3) is 0 Å². The Morgan fingerprint density at radius 1 is 1.18 bits per heavy atom. The maximum atomic E-state index is 3.39. The van der Waals surface area contributed by atoms with E-state index in [1.807, 2.05) is 0 Å². The average Bonchev–Trinajstić information content (AvgIpc) is 1.88. The Morgan fingerprint density at radius 3 is 2.00 bits per heavy atom. The summed E-state index contributed by atoms with van der Waals surface area (Å²) in [5, 5.41) is 0. The van der Waals surface area contributed by atoms with Crippen molar-refractivity contribution < 1.29 is 2.85 Å². The van der Waals surface area contributed by atoms with Crippen molar-refractivity contribution in [3.63, 3.8) is 0 Å². The van der Waals surface area contributed by atoms with Crippen molar-refractivity contribution in [2.24, 2.45) is 0 Å². The third kappa shape index (κ3) is 3.58. The van der Waals surface area contributed by atoms with Crippen molar-refractivity contribution in [1.29, 1.82) is 0 Å². The molecule has 2 heteroatoms. The van der Waals surface area contributed by atoms with Crippen LogP contribution >= 0.6 is 15.9 Å². The molecule has 1 aromatic carbocycles. The van der Waals surface area contributed by atoms with E-state index < -0.39 is 0 Å². The van der Waals surface area contributed by atoms with Gasteiger partial charge in [-0.25, -0.2) is 0 Å². The zero-order chi connectivity index (χ0) is 7.56. The molecule has 1 aromatic rings. The standard InChI is InChI=1S/C9H11Br.Mg.2H/c1-7(2)8-3-5-9(10)6-4-8;;;/h3-7H,1-2H3;;;/q;+2;2*-1. The summed E-state index contributed by atoms with van der Waals surface area (Å²) in [5.41, 5.74) is 1.39. The fraction of sp³-hybridized carbons (Fsp3) is 0.333. The minimum absolute atomic E-state index is 0. The molecule has 0 aliphatic rings. The van der Waals surface area contributed by atoms with Crippen molar-refractivity contribution in [2.75, 3.05) is 0 Å². The molecule has 0 saturated carbocycles. The van der Waals surface area contributed by atoms with Gasteiger partial charge in [-0.3, -0.25) is 0 Å². The van der Waals surface area contributed by atoms with E-state index in [4.69, 9.17) is 0 Å². The van der Waals surface area contributed by atoms with E-state index in [0.29, 0.717) is 5.92 Å². The van der Waals surface area contributed by atoms with Gasteiger partial charge in [0, 0.05) is 4.47 Å². The third-order valence-corrected chi connectivity index (χ3v) is 2.07. The molecule has 0 aliphatic carbocycles. The Morgan fingerprint density at radius 2 is 1.64 bits per heavy atom. The second kappa shape index (κ2) is 5.17. The largest absolute Gasteiger partial charge is 2.00 e. The second-order valence-electron chi connectivity index (χ2n) is 2.71. The summed E-state index contributed by atoms with van der Waals surface area (Å²) in [5.74, 6) is 0.632. The smallest absolute Gasteiger partial charge is 1.00 e. The molecular weight excluding hydrogens is 212 g/mol. The number of halogens is 1. The van der Waals surface area contributed by atoms with E-state index in [2.05, 4.69) is 54.0 Å². The minimum atomic E-state index is 0. The Labute approximate surface area is 95.6 Å². The molecule has 0 radical (unpaired) electrons. The maximum absolute atomic E-state index is 3.39. The van der Waals surface area contributed by atoms with Gasteiger partial charge in [-0.2, -0.15) is 0 Å². The van der Waals surface area contributed by atoms with Gasteiger partial charge in [-0.05, 0) is 23.6 Å². The van der Waals surface area contributed by atoms with Crippen LogP contribution in [0.1, 0.15) is 28.2 Å². The molecular formula is C9H13BrMg. The van der Waals surface area contributed by atoms with Crippen LogP contribution in [0.15, 0.2) is 28.7 Å². The first-order chi connectivity index (χ1) is 4.70. The zero-order valence-corrected chi connectivity index (χ0v) is 9.97. The van der Waals surface area contributed by atoms with E-state index in [0.717, 1.165) is 4.47 Å². The van der Waals surface area contributed by atoms with Crippen LogP contribution < -0.4 is 0 Å². The van der Waals surface area contributed by atoms with Crippen LogP contribution in [0.3, 0.4) is 0 Å². The molecule has 0 unspecified atom stereocenters. The van der Waals surface area contributed by atoms with Gasteiger partial charge >= 0.3 is 23.1 Å². The summed E-state index contributed by atoms with van der Waals surface area (Å²) < 4.78 is 1.15. The molecule has 0 aromatic heterocycles. The van der Waals surface area contributed by atoms with Gasteiger partial charge in [0.05, 0.1) is 0 Å². The molecule has 0 N–H and O–H groups in total. The molecule has 0 aliphatic heterocycles. The molecule has 0 atom stereocenters. The first kappa shape index (κ1) is 11.5. The summed E-state index contributed by atoms with van der Waals surface area (Å²) in [4.78, 5) is 0. The van der Waals surface area contributed by atoms with Crippen LogP contribution in [-0.2, 0) is 0 Å². The molecule has 11 heavy (non-hydrogen) atoms. The van der Waals surface area contributed by atoms with Crippen LogP contribution in [0.4, 0.5) is 0 Å². The fourth-order valence-electron chi connectivity index (χ4n) is 0.848. The Bertz CT molecular complexity index is 211. The van der Waals surface area contributed by atoms with Gasteiger partial charge in [0.2, 0.25) is 0 Å². The van der Waals surface area contributed by atoms with Gasteiger partial charge in [-0.15, -0.1) is 0 Å². The van der Waals surface area contributed by atoms with Crippen LogP contribution in [0.25, 0.3) is 0 Å². The summed E-state index contributed by atoms with van der Waals surface area (Å²) in [7, 11) is 0. The van der Waals surface area contributed by atoms with Crippen molar-refractivity contribution in [3.05, 3.63) is 34.3 Å². The first-order valence-electron chi connectivity index (χ1n) is 3.45. The van der Waals surface area contributed by atoms with Crippen molar-refractivity contribution in [1.82, 2.24) is 0 Å². The monoisotopic (exact) mass is 224 g/mol. The molecule has 0 saturated heterocycles.